The van der Waals surface area contributed by atoms with Gasteiger partial charge in [-0.1, -0.05) is 32.1 Å². The second-order valence-electron chi connectivity index (χ2n) is 6.01. The maximum atomic E-state index is 12.5. The van der Waals surface area contributed by atoms with Crippen LogP contribution in [-0.2, 0) is 4.79 Å². The summed E-state index contributed by atoms with van der Waals surface area (Å²) in [4.78, 5) is 13.0. The Labute approximate surface area is 130 Å². The van der Waals surface area contributed by atoms with Crippen molar-refractivity contribution < 1.29 is 23.1 Å². The highest BCUT2D eigenvalue weighted by Gasteiger charge is 2.31. The van der Waals surface area contributed by atoms with Crippen LogP contribution < -0.4 is 5.32 Å². The van der Waals surface area contributed by atoms with Gasteiger partial charge < -0.3 is 10.4 Å². The van der Waals surface area contributed by atoms with E-state index >= 15 is 0 Å². The summed E-state index contributed by atoms with van der Waals surface area (Å²) >= 11 is 0. The van der Waals surface area contributed by atoms with Crippen LogP contribution in [0.3, 0.4) is 0 Å². The number of aliphatic hydroxyl groups is 1. The molecule has 0 spiro atoms. The predicted molar refractivity (Wildman–Crippen MR) is 78.4 cm³/mol. The molecule has 22 heavy (non-hydrogen) atoms. The van der Waals surface area contributed by atoms with Crippen molar-refractivity contribution in [2.75, 3.05) is 26.2 Å². The average molecular weight is 324 g/mol. The quantitative estimate of drug-likeness (QED) is 0.756. The molecule has 0 aromatic rings. The van der Waals surface area contributed by atoms with Gasteiger partial charge in [-0.3, -0.25) is 9.69 Å². The number of aliphatic hydroxyl groups excluding tert-OH is 1. The fraction of sp³-hybridized carbons (Fsp3) is 0.933. The number of hydrogen-bond acceptors (Lipinski definition) is 3. The first kappa shape index (κ1) is 19.2. The third-order valence-corrected chi connectivity index (χ3v) is 3.87. The molecule has 1 saturated carbocycles. The third-order valence-electron chi connectivity index (χ3n) is 3.87. The molecule has 1 amide bonds. The molecule has 2 N–H and O–H groups in total. The van der Waals surface area contributed by atoms with Crippen LogP contribution in [0.4, 0.5) is 13.2 Å². The number of rotatable bonds is 7. The minimum atomic E-state index is -4.34. The van der Waals surface area contributed by atoms with E-state index in [9.17, 15) is 18.0 Å². The van der Waals surface area contributed by atoms with E-state index in [1.807, 2.05) is 0 Å². The number of carbonyl (C=O) groups excluding carboxylic acids is 1. The van der Waals surface area contributed by atoms with E-state index in [0.29, 0.717) is 0 Å². The second kappa shape index (κ2) is 10.0. The molecule has 0 aromatic carbocycles. The summed E-state index contributed by atoms with van der Waals surface area (Å²) in [7, 11) is 0. The van der Waals surface area contributed by atoms with Crippen LogP contribution in [-0.4, -0.2) is 54.4 Å². The first-order valence-electron chi connectivity index (χ1n) is 8.10. The largest absolute Gasteiger partial charge is 0.401 e. The normalized spacial score (nSPS) is 18.0. The van der Waals surface area contributed by atoms with Crippen LogP contribution in [0.15, 0.2) is 0 Å². The Balaban J connectivity index is 2.42. The zero-order valence-corrected chi connectivity index (χ0v) is 13.0. The molecule has 0 saturated heterocycles. The molecule has 1 aliphatic carbocycles. The topological polar surface area (TPSA) is 52.6 Å². The fourth-order valence-corrected chi connectivity index (χ4v) is 2.84. The molecule has 1 rings (SSSR count). The Morgan fingerprint density at radius 2 is 1.73 bits per heavy atom. The fourth-order valence-electron chi connectivity index (χ4n) is 2.84. The Kier molecular flexibility index (Phi) is 8.78. The standard InChI is InChI=1S/C15H27F3N2O2/c16-15(17,18)12-20(9-6-10-21)11-14(22)19-13-7-4-2-1-3-5-8-13/h13,21H,1-12H2,(H,19,22). The van der Waals surface area contributed by atoms with Crippen LogP contribution >= 0.6 is 0 Å². The van der Waals surface area contributed by atoms with E-state index in [-0.39, 0.29) is 38.1 Å². The minimum Gasteiger partial charge on any atom is -0.396 e. The first-order valence-corrected chi connectivity index (χ1v) is 8.10. The SMILES string of the molecule is O=C(CN(CCCO)CC(F)(F)F)NC1CCCCCCC1. The van der Waals surface area contributed by atoms with Crippen molar-refractivity contribution in [1.29, 1.82) is 0 Å². The number of hydrogen-bond donors (Lipinski definition) is 2. The predicted octanol–water partition coefficient (Wildman–Crippen LogP) is 2.46. The Morgan fingerprint density at radius 1 is 1.14 bits per heavy atom. The zero-order valence-electron chi connectivity index (χ0n) is 13.0. The maximum absolute atomic E-state index is 12.5. The van der Waals surface area contributed by atoms with E-state index in [1.54, 1.807) is 0 Å². The highest BCUT2D eigenvalue weighted by molar-refractivity contribution is 5.78. The van der Waals surface area contributed by atoms with Gasteiger partial charge in [0.15, 0.2) is 0 Å². The smallest absolute Gasteiger partial charge is 0.396 e. The Morgan fingerprint density at radius 3 is 2.27 bits per heavy atom. The lowest BCUT2D eigenvalue weighted by atomic mass is 9.97. The molecule has 0 atom stereocenters. The van der Waals surface area contributed by atoms with Crippen LogP contribution in [0.1, 0.15) is 51.4 Å². The number of halogens is 3. The van der Waals surface area contributed by atoms with E-state index in [4.69, 9.17) is 5.11 Å². The van der Waals surface area contributed by atoms with Crippen molar-refractivity contribution in [3.8, 4) is 0 Å². The molecule has 0 unspecified atom stereocenters. The van der Waals surface area contributed by atoms with Gasteiger partial charge in [0.05, 0.1) is 13.1 Å². The number of nitrogens with zero attached hydrogens (tertiary/aromatic N) is 1. The zero-order chi connectivity index (χ0) is 16.4. The van der Waals surface area contributed by atoms with Gasteiger partial charge in [0.2, 0.25) is 5.91 Å². The Bertz CT molecular complexity index is 316. The van der Waals surface area contributed by atoms with Gasteiger partial charge in [0, 0.05) is 19.2 Å². The molecule has 0 bridgehead atoms. The van der Waals surface area contributed by atoms with Gasteiger partial charge in [-0.15, -0.1) is 0 Å². The molecule has 4 nitrogen and oxygen atoms in total. The number of alkyl halides is 3. The van der Waals surface area contributed by atoms with Gasteiger partial charge in [0.1, 0.15) is 0 Å². The summed E-state index contributed by atoms with van der Waals surface area (Å²) in [6.45, 7) is -1.51. The van der Waals surface area contributed by atoms with Gasteiger partial charge in [-0.05, 0) is 19.3 Å². The molecule has 7 heteroatoms. The lowest BCUT2D eigenvalue weighted by Crippen LogP contribution is -2.45. The molecular weight excluding hydrogens is 297 g/mol. The van der Waals surface area contributed by atoms with Gasteiger partial charge in [-0.2, -0.15) is 13.2 Å². The van der Waals surface area contributed by atoms with Gasteiger partial charge >= 0.3 is 6.18 Å². The van der Waals surface area contributed by atoms with E-state index in [0.717, 1.165) is 43.4 Å². The third kappa shape index (κ3) is 9.25. The van der Waals surface area contributed by atoms with Crippen molar-refractivity contribution in [2.45, 2.75) is 63.6 Å². The molecule has 0 aliphatic heterocycles. The summed E-state index contributed by atoms with van der Waals surface area (Å²) in [6, 6.07) is 0.0818. The van der Waals surface area contributed by atoms with Crippen molar-refractivity contribution >= 4 is 5.91 Å². The molecule has 1 fully saturated rings. The van der Waals surface area contributed by atoms with Crippen LogP contribution in [0.25, 0.3) is 0 Å². The van der Waals surface area contributed by atoms with Crippen molar-refractivity contribution in [3.63, 3.8) is 0 Å². The summed E-state index contributed by atoms with van der Waals surface area (Å²) in [5, 5.41) is 11.6. The highest BCUT2D eigenvalue weighted by Crippen LogP contribution is 2.18. The summed E-state index contributed by atoms with van der Waals surface area (Å²) in [6.07, 6.45) is 3.35. The molecule has 1 aliphatic rings. The molecular formula is C15H27F3N2O2. The first-order chi connectivity index (χ1) is 10.4. The van der Waals surface area contributed by atoms with Gasteiger partial charge in [-0.25, -0.2) is 0 Å². The van der Waals surface area contributed by atoms with E-state index in [2.05, 4.69) is 5.32 Å². The summed E-state index contributed by atoms with van der Waals surface area (Å²) in [5.41, 5.74) is 0. The van der Waals surface area contributed by atoms with Crippen molar-refractivity contribution in [1.82, 2.24) is 10.2 Å². The van der Waals surface area contributed by atoms with E-state index in [1.165, 1.54) is 6.42 Å². The molecule has 130 valence electrons. The molecule has 0 aromatic heterocycles. The number of amides is 1. The van der Waals surface area contributed by atoms with Crippen LogP contribution in [0, 0.1) is 0 Å². The highest BCUT2D eigenvalue weighted by atomic mass is 19.4. The van der Waals surface area contributed by atoms with Crippen LogP contribution in [0.5, 0.6) is 0 Å². The average Bonchev–Trinajstić information content (AvgIpc) is 2.37. The lowest BCUT2D eigenvalue weighted by Gasteiger charge is -2.25. The summed E-state index contributed by atoms with van der Waals surface area (Å²) in [5.74, 6) is -0.354. The number of carbonyl (C=O) groups is 1. The monoisotopic (exact) mass is 324 g/mol. The van der Waals surface area contributed by atoms with Crippen molar-refractivity contribution in [2.24, 2.45) is 0 Å². The number of nitrogens with one attached hydrogen (secondary N) is 1. The molecule has 0 heterocycles. The van der Waals surface area contributed by atoms with Crippen LogP contribution in [0.2, 0.25) is 0 Å². The lowest BCUT2D eigenvalue weighted by molar-refractivity contribution is -0.149. The van der Waals surface area contributed by atoms with Gasteiger partial charge in [0.25, 0.3) is 0 Å². The van der Waals surface area contributed by atoms with Crippen molar-refractivity contribution in [3.05, 3.63) is 0 Å². The maximum Gasteiger partial charge on any atom is 0.401 e. The second-order valence-corrected chi connectivity index (χ2v) is 6.01. The molecule has 0 radical (unpaired) electrons. The summed E-state index contributed by atoms with van der Waals surface area (Å²) < 4.78 is 37.5. The minimum absolute atomic E-state index is 0.0636. The Hall–Kier alpha value is -0.820. The van der Waals surface area contributed by atoms with E-state index < -0.39 is 12.7 Å².